The van der Waals surface area contributed by atoms with Crippen LogP contribution in [0.2, 0.25) is 0 Å². The number of ketones is 1. The molecule has 0 aliphatic carbocycles. The molecule has 0 N–H and O–H groups in total. The van der Waals surface area contributed by atoms with E-state index in [1.807, 2.05) is 24.3 Å². The second kappa shape index (κ2) is 5.60. The van der Waals surface area contributed by atoms with E-state index in [1.54, 1.807) is 0 Å². The Kier molecular flexibility index (Phi) is 3.89. The van der Waals surface area contributed by atoms with Gasteiger partial charge in [-0.1, -0.05) is 24.3 Å². The summed E-state index contributed by atoms with van der Waals surface area (Å²) in [4.78, 5) is 16.8. The van der Waals surface area contributed by atoms with Crippen LogP contribution < -0.4 is 0 Å². The highest BCUT2D eigenvalue weighted by Gasteiger charge is 2.15. The molecule has 0 radical (unpaired) electrons. The van der Waals surface area contributed by atoms with E-state index in [1.165, 1.54) is 5.56 Å². The van der Waals surface area contributed by atoms with Gasteiger partial charge in [0, 0.05) is 32.5 Å². The Balaban J connectivity index is 1.81. The van der Waals surface area contributed by atoms with Gasteiger partial charge in [-0.2, -0.15) is 0 Å². The van der Waals surface area contributed by atoms with E-state index < -0.39 is 0 Å². The Morgan fingerprint density at radius 1 is 1.18 bits per heavy atom. The average Bonchev–Trinajstić information content (AvgIpc) is 2.39. The Morgan fingerprint density at radius 2 is 1.82 bits per heavy atom. The van der Waals surface area contributed by atoms with Gasteiger partial charge in [-0.15, -0.1) is 0 Å². The lowest BCUT2D eigenvalue weighted by Gasteiger charge is -2.25. The molecule has 1 aromatic carbocycles. The number of Topliss-reactive ketones (excluding diaryl/α,β-unsaturated/α-hetero) is 1. The van der Waals surface area contributed by atoms with Crippen LogP contribution in [0.3, 0.4) is 0 Å². The van der Waals surface area contributed by atoms with Crippen molar-refractivity contribution in [2.45, 2.75) is 19.3 Å². The molecule has 1 fully saturated rings. The summed E-state index contributed by atoms with van der Waals surface area (Å²) in [5.74, 6) is 0.391. The van der Waals surface area contributed by atoms with Gasteiger partial charge in [0.05, 0.1) is 6.57 Å². The molecule has 17 heavy (non-hydrogen) atoms. The van der Waals surface area contributed by atoms with Crippen molar-refractivity contribution >= 4 is 11.5 Å². The summed E-state index contributed by atoms with van der Waals surface area (Å²) in [5, 5.41) is 0. The Labute approximate surface area is 102 Å². The number of hydrogen-bond donors (Lipinski definition) is 0. The average molecular weight is 228 g/mol. The van der Waals surface area contributed by atoms with E-state index in [4.69, 9.17) is 6.57 Å². The minimum atomic E-state index is 0.391. The van der Waals surface area contributed by atoms with E-state index in [-0.39, 0.29) is 0 Å². The number of carbonyl (C=O) groups is 1. The highest BCUT2D eigenvalue weighted by atomic mass is 16.1. The lowest BCUT2D eigenvalue weighted by Crippen LogP contribution is -2.35. The SMILES string of the molecule is [C-]#[N+]c1ccc(CCN2CCC(=O)CC2)cc1. The van der Waals surface area contributed by atoms with Crippen LogP contribution in [-0.2, 0) is 11.2 Å². The first-order valence-electron chi connectivity index (χ1n) is 5.98. The predicted octanol–water partition coefficient (Wildman–Crippen LogP) is 2.44. The minimum absolute atomic E-state index is 0.391. The fraction of sp³-hybridized carbons (Fsp3) is 0.429. The van der Waals surface area contributed by atoms with Crippen molar-refractivity contribution in [3.05, 3.63) is 41.2 Å². The molecule has 0 aromatic heterocycles. The molecule has 1 aliphatic heterocycles. The third-order valence-electron chi connectivity index (χ3n) is 3.20. The third-order valence-corrected chi connectivity index (χ3v) is 3.20. The zero-order valence-corrected chi connectivity index (χ0v) is 9.85. The quantitative estimate of drug-likeness (QED) is 0.742. The smallest absolute Gasteiger partial charge is 0.187 e. The number of piperidine rings is 1. The zero-order chi connectivity index (χ0) is 12.1. The first-order chi connectivity index (χ1) is 8.28. The molecular weight excluding hydrogens is 212 g/mol. The van der Waals surface area contributed by atoms with Gasteiger partial charge in [0.1, 0.15) is 5.78 Å². The zero-order valence-electron chi connectivity index (χ0n) is 9.85. The van der Waals surface area contributed by atoms with E-state index in [0.29, 0.717) is 24.3 Å². The topological polar surface area (TPSA) is 24.7 Å². The fourth-order valence-corrected chi connectivity index (χ4v) is 2.05. The van der Waals surface area contributed by atoms with E-state index in [2.05, 4.69) is 9.74 Å². The number of nitrogens with zero attached hydrogens (tertiary/aromatic N) is 2. The first-order valence-corrected chi connectivity index (χ1v) is 5.98. The third kappa shape index (κ3) is 3.40. The van der Waals surface area contributed by atoms with Crippen LogP contribution in [0.25, 0.3) is 4.85 Å². The molecule has 0 bridgehead atoms. The first kappa shape index (κ1) is 11.8. The maximum Gasteiger partial charge on any atom is 0.187 e. The molecule has 0 saturated carbocycles. The molecular formula is C14H16N2O. The van der Waals surface area contributed by atoms with E-state index in [9.17, 15) is 4.79 Å². The molecule has 0 unspecified atom stereocenters. The number of benzene rings is 1. The predicted molar refractivity (Wildman–Crippen MR) is 67.1 cm³/mol. The van der Waals surface area contributed by atoms with Crippen molar-refractivity contribution in [1.29, 1.82) is 0 Å². The molecule has 1 aromatic rings. The Hall–Kier alpha value is -1.66. The molecule has 0 amide bonds. The number of rotatable bonds is 3. The Morgan fingerprint density at radius 3 is 2.41 bits per heavy atom. The molecule has 88 valence electrons. The highest BCUT2D eigenvalue weighted by Crippen LogP contribution is 2.14. The van der Waals surface area contributed by atoms with Crippen LogP contribution in [-0.4, -0.2) is 30.3 Å². The van der Waals surface area contributed by atoms with E-state index in [0.717, 1.165) is 26.1 Å². The van der Waals surface area contributed by atoms with Crippen LogP contribution in [0, 0.1) is 6.57 Å². The van der Waals surface area contributed by atoms with Gasteiger partial charge in [0.15, 0.2) is 5.69 Å². The molecule has 3 nitrogen and oxygen atoms in total. The van der Waals surface area contributed by atoms with Gasteiger partial charge >= 0.3 is 0 Å². The number of hydrogen-bond acceptors (Lipinski definition) is 2. The molecule has 1 heterocycles. The maximum atomic E-state index is 11.1. The van der Waals surface area contributed by atoms with Crippen molar-refractivity contribution < 1.29 is 4.79 Å². The van der Waals surface area contributed by atoms with Crippen LogP contribution in [0.4, 0.5) is 5.69 Å². The number of likely N-dealkylation sites (tertiary alicyclic amines) is 1. The fourth-order valence-electron chi connectivity index (χ4n) is 2.05. The molecule has 2 rings (SSSR count). The van der Waals surface area contributed by atoms with Crippen LogP contribution in [0.1, 0.15) is 18.4 Å². The van der Waals surface area contributed by atoms with Crippen LogP contribution >= 0.6 is 0 Å². The summed E-state index contributed by atoms with van der Waals surface area (Å²) in [5.41, 5.74) is 1.95. The normalized spacial score (nSPS) is 16.8. The van der Waals surface area contributed by atoms with Crippen molar-refractivity contribution in [3.8, 4) is 0 Å². The van der Waals surface area contributed by atoms with Gasteiger partial charge in [0.2, 0.25) is 0 Å². The van der Waals surface area contributed by atoms with Gasteiger partial charge in [-0.05, 0) is 12.0 Å². The van der Waals surface area contributed by atoms with Crippen molar-refractivity contribution in [3.63, 3.8) is 0 Å². The molecule has 0 spiro atoms. The monoisotopic (exact) mass is 228 g/mol. The summed E-state index contributed by atoms with van der Waals surface area (Å²) < 4.78 is 0. The minimum Gasteiger partial charge on any atom is -0.302 e. The lowest BCUT2D eigenvalue weighted by atomic mass is 10.1. The van der Waals surface area contributed by atoms with Gasteiger partial charge in [-0.25, -0.2) is 4.85 Å². The molecule has 3 heteroatoms. The van der Waals surface area contributed by atoms with Crippen molar-refractivity contribution in [1.82, 2.24) is 4.90 Å². The Bertz CT molecular complexity index is 421. The lowest BCUT2D eigenvalue weighted by molar-refractivity contribution is -0.121. The largest absolute Gasteiger partial charge is 0.302 e. The van der Waals surface area contributed by atoms with Crippen LogP contribution in [0.5, 0.6) is 0 Å². The molecule has 1 aliphatic rings. The summed E-state index contributed by atoms with van der Waals surface area (Å²) in [6, 6.07) is 7.76. The van der Waals surface area contributed by atoms with Gasteiger partial charge < -0.3 is 4.90 Å². The molecule has 0 atom stereocenters. The van der Waals surface area contributed by atoms with Crippen LogP contribution in [0.15, 0.2) is 24.3 Å². The summed E-state index contributed by atoms with van der Waals surface area (Å²) in [6.07, 6.45) is 2.40. The maximum absolute atomic E-state index is 11.1. The molecule has 1 saturated heterocycles. The van der Waals surface area contributed by atoms with Crippen molar-refractivity contribution in [2.75, 3.05) is 19.6 Å². The second-order valence-electron chi connectivity index (χ2n) is 4.41. The summed E-state index contributed by atoms with van der Waals surface area (Å²) >= 11 is 0. The standard InChI is InChI=1S/C14H16N2O/c1-15-13-4-2-12(3-5-13)6-9-16-10-7-14(17)8-11-16/h2-5H,6-11H2. The highest BCUT2D eigenvalue weighted by molar-refractivity contribution is 5.79. The van der Waals surface area contributed by atoms with Gasteiger partial charge in [-0.3, -0.25) is 4.79 Å². The summed E-state index contributed by atoms with van der Waals surface area (Å²) in [6.45, 7) is 9.69. The van der Waals surface area contributed by atoms with Crippen molar-refractivity contribution in [2.24, 2.45) is 0 Å². The summed E-state index contributed by atoms with van der Waals surface area (Å²) in [7, 11) is 0. The number of carbonyl (C=O) groups excluding carboxylic acids is 1. The van der Waals surface area contributed by atoms with E-state index >= 15 is 0 Å². The second-order valence-corrected chi connectivity index (χ2v) is 4.41. The van der Waals surface area contributed by atoms with Gasteiger partial charge in [0.25, 0.3) is 0 Å².